The smallest absolute Gasteiger partial charge is 0.335 e. The van der Waals surface area contributed by atoms with E-state index in [9.17, 15) is 9.59 Å². The van der Waals surface area contributed by atoms with Crippen molar-refractivity contribution in [1.29, 1.82) is 0 Å². The van der Waals surface area contributed by atoms with Gasteiger partial charge in [0.25, 0.3) is 0 Å². The fraction of sp³-hybridized carbons (Fsp3) is 0.545. The number of carboxylic acid groups (broad SMARTS) is 1. The molecule has 5 heteroatoms. The zero-order chi connectivity index (χ0) is 12.4. The fourth-order valence-electron chi connectivity index (χ4n) is 1.18. The van der Waals surface area contributed by atoms with Crippen LogP contribution in [0.1, 0.15) is 20.8 Å². The lowest BCUT2D eigenvalue weighted by atomic mass is 9.91. The Hall–Kier alpha value is -1.65. The Bertz CT molecular complexity index is 366. The first-order valence-electron chi connectivity index (χ1n) is 5.02. The summed E-state index contributed by atoms with van der Waals surface area (Å²) in [4.78, 5) is 26.9. The fourth-order valence-corrected chi connectivity index (χ4v) is 1.18. The molecule has 5 nitrogen and oxygen atoms in total. The Kier molecular flexibility index (Phi) is 3.16. The summed E-state index contributed by atoms with van der Waals surface area (Å²) in [6.07, 6.45) is 4.50. The Balaban J connectivity index is 2.90. The van der Waals surface area contributed by atoms with Gasteiger partial charge in [-0.3, -0.25) is 9.79 Å². The van der Waals surface area contributed by atoms with Gasteiger partial charge in [0.05, 0.1) is 6.54 Å². The van der Waals surface area contributed by atoms with E-state index in [-0.39, 0.29) is 12.5 Å². The highest BCUT2D eigenvalue weighted by Gasteiger charge is 2.40. The van der Waals surface area contributed by atoms with Gasteiger partial charge in [0.2, 0.25) is 5.91 Å². The van der Waals surface area contributed by atoms with Gasteiger partial charge >= 0.3 is 5.97 Å². The number of aliphatic carboxylic acids is 1. The molecule has 1 amide bonds. The van der Waals surface area contributed by atoms with Gasteiger partial charge < -0.3 is 10.4 Å². The molecular weight excluding hydrogens is 208 g/mol. The number of carbonyl (C=O) groups is 2. The molecule has 1 aliphatic heterocycles. The number of hydrogen-bond acceptors (Lipinski definition) is 3. The maximum atomic E-state index is 11.8. The van der Waals surface area contributed by atoms with Crippen LogP contribution in [0.15, 0.2) is 17.1 Å². The maximum Gasteiger partial charge on any atom is 0.335 e. The van der Waals surface area contributed by atoms with E-state index < -0.39 is 16.9 Å². The van der Waals surface area contributed by atoms with Crippen LogP contribution >= 0.6 is 0 Å². The van der Waals surface area contributed by atoms with Crippen LogP contribution in [0, 0.1) is 5.41 Å². The molecule has 0 aliphatic carbocycles. The Labute approximate surface area is 94.3 Å². The molecule has 88 valence electrons. The zero-order valence-corrected chi connectivity index (χ0v) is 9.65. The van der Waals surface area contributed by atoms with Crippen LogP contribution < -0.4 is 5.32 Å². The van der Waals surface area contributed by atoms with Crippen molar-refractivity contribution in [2.24, 2.45) is 10.4 Å². The van der Waals surface area contributed by atoms with E-state index >= 15 is 0 Å². The number of hydrogen-bond donors (Lipinski definition) is 2. The summed E-state index contributed by atoms with van der Waals surface area (Å²) >= 11 is 0. The van der Waals surface area contributed by atoms with Crippen LogP contribution in [-0.4, -0.2) is 35.3 Å². The third-order valence-corrected chi connectivity index (χ3v) is 2.31. The predicted octanol–water partition coefficient (Wildman–Crippen LogP) is 0.613. The predicted molar refractivity (Wildman–Crippen MR) is 60.5 cm³/mol. The normalized spacial score (nSPS) is 24.2. The van der Waals surface area contributed by atoms with Crippen LogP contribution in [0.2, 0.25) is 0 Å². The summed E-state index contributed by atoms with van der Waals surface area (Å²) in [5, 5.41) is 11.7. The van der Waals surface area contributed by atoms with Crippen molar-refractivity contribution >= 4 is 18.1 Å². The molecule has 0 saturated carbocycles. The second-order valence-electron chi connectivity index (χ2n) is 4.83. The molecule has 0 saturated heterocycles. The van der Waals surface area contributed by atoms with Crippen molar-refractivity contribution in [2.75, 3.05) is 6.54 Å². The lowest BCUT2D eigenvalue weighted by molar-refractivity contribution is -0.146. The quantitative estimate of drug-likeness (QED) is 0.721. The monoisotopic (exact) mass is 224 g/mol. The van der Waals surface area contributed by atoms with Crippen LogP contribution in [0.3, 0.4) is 0 Å². The van der Waals surface area contributed by atoms with Crippen LogP contribution in [0.5, 0.6) is 0 Å². The summed E-state index contributed by atoms with van der Waals surface area (Å²) in [6, 6.07) is 0. The molecule has 1 rings (SSSR count). The lowest BCUT2D eigenvalue weighted by Crippen LogP contribution is -2.58. The lowest BCUT2D eigenvalue weighted by Gasteiger charge is -2.30. The van der Waals surface area contributed by atoms with E-state index in [1.807, 2.05) is 0 Å². The average Bonchev–Trinajstić information content (AvgIpc) is 2.17. The topological polar surface area (TPSA) is 78.8 Å². The minimum Gasteiger partial charge on any atom is -0.479 e. The molecule has 0 aromatic rings. The molecule has 1 aliphatic rings. The van der Waals surface area contributed by atoms with E-state index in [1.54, 1.807) is 20.8 Å². The first kappa shape index (κ1) is 12.4. The number of carbonyl (C=O) groups excluding carboxylic acids is 1. The zero-order valence-electron chi connectivity index (χ0n) is 9.65. The summed E-state index contributed by atoms with van der Waals surface area (Å²) in [7, 11) is 0. The first-order valence-corrected chi connectivity index (χ1v) is 5.02. The van der Waals surface area contributed by atoms with Crippen molar-refractivity contribution in [2.45, 2.75) is 26.3 Å². The molecule has 16 heavy (non-hydrogen) atoms. The van der Waals surface area contributed by atoms with Crippen molar-refractivity contribution in [1.82, 2.24) is 5.32 Å². The molecule has 0 spiro atoms. The molecule has 0 bridgehead atoms. The van der Waals surface area contributed by atoms with Crippen molar-refractivity contribution in [3.8, 4) is 0 Å². The molecule has 0 aromatic heterocycles. The molecule has 1 atom stereocenters. The number of nitrogens with one attached hydrogen (secondary N) is 1. The van der Waals surface area contributed by atoms with E-state index in [4.69, 9.17) is 5.11 Å². The number of dihydropyridines is 1. The number of carboxylic acids is 1. The van der Waals surface area contributed by atoms with Crippen LogP contribution in [0.4, 0.5) is 0 Å². The Morgan fingerprint density at radius 1 is 1.44 bits per heavy atom. The second kappa shape index (κ2) is 4.08. The summed E-state index contributed by atoms with van der Waals surface area (Å²) in [5.74, 6) is -1.41. The van der Waals surface area contributed by atoms with Gasteiger partial charge in [-0.1, -0.05) is 20.8 Å². The van der Waals surface area contributed by atoms with E-state index in [0.29, 0.717) is 0 Å². The van der Waals surface area contributed by atoms with Gasteiger partial charge in [-0.05, 0) is 12.2 Å². The summed E-state index contributed by atoms with van der Waals surface area (Å²) in [6.45, 7) is 5.22. The molecule has 0 fully saturated rings. The highest BCUT2D eigenvalue weighted by Crippen LogP contribution is 2.18. The van der Waals surface area contributed by atoms with Crippen LogP contribution in [0.25, 0.3) is 0 Å². The number of amides is 1. The van der Waals surface area contributed by atoms with Gasteiger partial charge in [-0.15, -0.1) is 0 Å². The molecule has 2 N–H and O–H groups in total. The second-order valence-corrected chi connectivity index (χ2v) is 4.83. The van der Waals surface area contributed by atoms with E-state index in [1.165, 1.54) is 18.4 Å². The Morgan fingerprint density at radius 2 is 2.06 bits per heavy atom. The van der Waals surface area contributed by atoms with E-state index in [2.05, 4.69) is 10.3 Å². The minimum atomic E-state index is -1.40. The number of nitrogens with zero attached hydrogens (tertiary/aromatic N) is 1. The highest BCUT2D eigenvalue weighted by atomic mass is 16.4. The molecule has 0 aromatic carbocycles. The molecular formula is C11H16N2O3. The van der Waals surface area contributed by atoms with E-state index in [0.717, 1.165) is 0 Å². The van der Waals surface area contributed by atoms with Gasteiger partial charge in [-0.25, -0.2) is 4.79 Å². The molecule has 0 radical (unpaired) electrons. The molecule has 1 unspecified atom stereocenters. The van der Waals surface area contributed by atoms with Crippen LogP contribution in [-0.2, 0) is 9.59 Å². The number of allylic oxidation sites excluding steroid dienone is 1. The summed E-state index contributed by atoms with van der Waals surface area (Å²) < 4.78 is 0. The van der Waals surface area contributed by atoms with Gasteiger partial charge in [0.15, 0.2) is 5.54 Å². The standard InChI is InChI=1S/C11H16N2O3/c1-10(2,3)8(14)13-11(9(15)16)5-4-6-12-7-11/h4-6H,7H2,1-3H3,(H,13,14)(H,15,16). The Morgan fingerprint density at radius 3 is 2.44 bits per heavy atom. The average molecular weight is 224 g/mol. The van der Waals surface area contributed by atoms with Gasteiger partial charge in [-0.2, -0.15) is 0 Å². The number of aliphatic imine (C=N–C) groups is 1. The minimum absolute atomic E-state index is 0.0284. The third-order valence-electron chi connectivity index (χ3n) is 2.31. The largest absolute Gasteiger partial charge is 0.479 e. The highest BCUT2D eigenvalue weighted by molar-refractivity contribution is 5.93. The van der Waals surface area contributed by atoms with Gasteiger partial charge in [0.1, 0.15) is 0 Å². The number of rotatable bonds is 2. The van der Waals surface area contributed by atoms with Gasteiger partial charge in [0, 0.05) is 11.6 Å². The SMILES string of the molecule is CC(C)(C)C(=O)NC1(C(=O)O)C=CC=NC1. The maximum absolute atomic E-state index is 11.8. The third kappa shape index (κ3) is 2.48. The van der Waals surface area contributed by atoms with Crippen molar-refractivity contribution in [3.63, 3.8) is 0 Å². The summed E-state index contributed by atoms with van der Waals surface area (Å²) in [5.41, 5.74) is -2.03. The first-order chi connectivity index (χ1) is 7.28. The van der Waals surface area contributed by atoms with Crippen molar-refractivity contribution in [3.05, 3.63) is 12.2 Å². The van der Waals surface area contributed by atoms with Crippen molar-refractivity contribution < 1.29 is 14.7 Å². The molecule has 1 heterocycles.